The Bertz CT molecular complexity index is 501. The van der Waals surface area contributed by atoms with Gasteiger partial charge in [-0.25, -0.2) is 4.79 Å². The summed E-state index contributed by atoms with van der Waals surface area (Å²) in [6.45, 7) is 4.27. The molecule has 2 rings (SSSR count). The van der Waals surface area contributed by atoms with E-state index in [9.17, 15) is 4.79 Å². The summed E-state index contributed by atoms with van der Waals surface area (Å²) in [4.78, 5) is 12.8. The van der Waals surface area contributed by atoms with Gasteiger partial charge in [-0.15, -0.1) is 0 Å². The van der Waals surface area contributed by atoms with E-state index in [4.69, 9.17) is 21.4 Å². The maximum atomic E-state index is 10.6. The first kappa shape index (κ1) is 13.9. The average molecular weight is 282 g/mol. The molecule has 1 heterocycles. The number of halogens is 1. The van der Waals surface area contributed by atoms with Crippen LogP contribution in [0.3, 0.4) is 0 Å². The number of benzene rings is 1. The standard InChI is InChI=1S/C14H16ClNO3/c1-10-9-16(6-7-19-10)13-4-3-12(15)8-11(13)2-5-14(17)18/h2-5,8,10H,6-7,9H2,1H3,(H,17,18)/b5-2+. The molecule has 0 aliphatic carbocycles. The van der Waals surface area contributed by atoms with E-state index >= 15 is 0 Å². The molecule has 102 valence electrons. The topological polar surface area (TPSA) is 49.8 Å². The van der Waals surface area contributed by atoms with Crippen LogP contribution in [-0.2, 0) is 9.53 Å². The molecule has 1 aromatic rings. The van der Waals surface area contributed by atoms with Crippen LogP contribution in [0.1, 0.15) is 12.5 Å². The molecule has 0 aromatic heterocycles. The number of hydrogen-bond acceptors (Lipinski definition) is 3. The Labute approximate surface area is 117 Å². The van der Waals surface area contributed by atoms with Crippen LogP contribution in [0.25, 0.3) is 6.08 Å². The zero-order chi connectivity index (χ0) is 13.8. The number of carboxylic acid groups (broad SMARTS) is 1. The van der Waals surface area contributed by atoms with Crippen molar-refractivity contribution in [3.8, 4) is 0 Å². The second-order valence-electron chi connectivity index (χ2n) is 4.50. The lowest BCUT2D eigenvalue weighted by Crippen LogP contribution is -2.41. The number of carboxylic acids is 1. The van der Waals surface area contributed by atoms with Gasteiger partial charge in [0.15, 0.2) is 0 Å². The predicted octanol–water partition coefficient (Wildman–Crippen LogP) is 2.66. The van der Waals surface area contributed by atoms with E-state index in [1.807, 2.05) is 19.1 Å². The molecule has 1 saturated heterocycles. The van der Waals surface area contributed by atoms with Crippen LogP contribution in [0.2, 0.25) is 5.02 Å². The molecule has 0 saturated carbocycles. The number of hydrogen-bond donors (Lipinski definition) is 1. The molecule has 0 radical (unpaired) electrons. The lowest BCUT2D eigenvalue weighted by molar-refractivity contribution is -0.131. The van der Waals surface area contributed by atoms with E-state index in [0.29, 0.717) is 11.6 Å². The van der Waals surface area contributed by atoms with Gasteiger partial charge in [-0.3, -0.25) is 0 Å². The number of aliphatic carboxylic acids is 1. The number of nitrogens with zero attached hydrogens (tertiary/aromatic N) is 1. The van der Waals surface area contributed by atoms with Crippen molar-refractivity contribution in [3.05, 3.63) is 34.9 Å². The predicted molar refractivity (Wildman–Crippen MR) is 75.7 cm³/mol. The fourth-order valence-corrected chi connectivity index (χ4v) is 2.33. The summed E-state index contributed by atoms with van der Waals surface area (Å²) >= 11 is 5.98. The third-order valence-electron chi connectivity index (χ3n) is 2.98. The van der Waals surface area contributed by atoms with Gasteiger partial charge in [-0.1, -0.05) is 11.6 Å². The molecule has 1 fully saturated rings. The van der Waals surface area contributed by atoms with Crippen LogP contribution in [0.15, 0.2) is 24.3 Å². The lowest BCUT2D eigenvalue weighted by atomic mass is 10.1. The van der Waals surface area contributed by atoms with Crippen molar-refractivity contribution in [2.45, 2.75) is 13.0 Å². The Balaban J connectivity index is 2.30. The first-order valence-corrected chi connectivity index (χ1v) is 6.51. The summed E-state index contributed by atoms with van der Waals surface area (Å²) in [5.41, 5.74) is 1.79. The van der Waals surface area contributed by atoms with Crippen LogP contribution >= 0.6 is 11.6 Å². The second-order valence-corrected chi connectivity index (χ2v) is 4.94. The molecule has 0 spiro atoms. The molecule has 1 aliphatic heterocycles. The molecule has 1 unspecified atom stereocenters. The molecule has 1 aliphatic rings. The number of rotatable bonds is 3. The van der Waals surface area contributed by atoms with Gasteiger partial charge >= 0.3 is 5.97 Å². The first-order valence-electron chi connectivity index (χ1n) is 6.13. The van der Waals surface area contributed by atoms with E-state index < -0.39 is 5.97 Å². The summed E-state index contributed by atoms with van der Waals surface area (Å²) in [5, 5.41) is 9.33. The molecule has 1 atom stereocenters. The molecule has 0 bridgehead atoms. The minimum Gasteiger partial charge on any atom is -0.478 e. The van der Waals surface area contributed by atoms with Crippen LogP contribution in [-0.4, -0.2) is 36.9 Å². The molecule has 1 N–H and O–H groups in total. The van der Waals surface area contributed by atoms with Crippen molar-refractivity contribution in [2.24, 2.45) is 0 Å². The smallest absolute Gasteiger partial charge is 0.328 e. The van der Waals surface area contributed by atoms with Gasteiger partial charge in [-0.2, -0.15) is 0 Å². The van der Waals surface area contributed by atoms with Gasteiger partial charge < -0.3 is 14.7 Å². The van der Waals surface area contributed by atoms with E-state index in [-0.39, 0.29) is 6.10 Å². The molecule has 0 amide bonds. The minimum atomic E-state index is -0.971. The van der Waals surface area contributed by atoms with E-state index in [1.165, 1.54) is 0 Å². The fourth-order valence-electron chi connectivity index (χ4n) is 2.15. The Morgan fingerprint density at radius 1 is 1.58 bits per heavy atom. The second kappa shape index (κ2) is 6.08. The highest BCUT2D eigenvalue weighted by Gasteiger charge is 2.18. The molecule has 4 nitrogen and oxygen atoms in total. The van der Waals surface area contributed by atoms with Crippen molar-refractivity contribution in [2.75, 3.05) is 24.6 Å². The monoisotopic (exact) mass is 281 g/mol. The van der Waals surface area contributed by atoms with E-state index in [2.05, 4.69) is 4.90 Å². The van der Waals surface area contributed by atoms with Gasteiger partial charge in [0.1, 0.15) is 0 Å². The highest BCUT2D eigenvalue weighted by Crippen LogP contribution is 2.27. The third-order valence-corrected chi connectivity index (χ3v) is 3.21. The fraction of sp³-hybridized carbons (Fsp3) is 0.357. The van der Waals surface area contributed by atoms with Gasteiger partial charge in [-0.05, 0) is 36.8 Å². The maximum absolute atomic E-state index is 10.6. The third kappa shape index (κ3) is 3.72. The Kier molecular flexibility index (Phi) is 4.45. The summed E-state index contributed by atoms with van der Waals surface area (Å²) in [6.07, 6.45) is 2.86. The molecule has 19 heavy (non-hydrogen) atoms. The van der Waals surface area contributed by atoms with Crippen molar-refractivity contribution >= 4 is 29.3 Å². The summed E-state index contributed by atoms with van der Waals surface area (Å²) < 4.78 is 5.51. The lowest BCUT2D eigenvalue weighted by Gasteiger charge is -2.34. The average Bonchev–Trinajstić information content (AvgIpc) is 2.36. The summed E-state index contributed by atoms with van der Waals surface area (Å²) in [7, 11) is 0. The van der Waals surface area contributed by atoms with Crippen molar-refractivity contribution in [3.63, 3.8) is 0 Å². The highest BCUT2D eigenvalue weighted by molar-refractivity contribution is 6.30. The highest BCUT2D eigenvalue weighted by atomic mass is 35.5. The van der Waals surface area contributed by atoms with Crippen molar-refractivity contribution in [1.82, 2.24) is 0 Å². The summed E-state index contributed by atoms with van der Waals surface area (Å²) in [6, 6.07) is 5.51. The molecule has 1 aromatic carbocycles. The number of morpholine rings is 1. The minimum absolute atomic E-state index is 0.167. The van der Waals surface area contributed by atoms with Crippen molar-refractivity contribution < 1.29 is 14.6 Å². The van der Waals surface area contributed by atoms with Crippen LogP contribution in [0.4, 0.5) is 5.69 Å². The Morgan fingerprint density at radius 3 is 3.05 bits per heavy atom. The normalized spacial score (nSPS) is 19.9. The zero-order valence-electron chi connectivity index (χ0n) is 10.7. The van der Waals surface area contributed by atoms with Gasteiger partial charge in [0.25, 0.3) is 0 Å². The van der Waals surface area contributed by atoms with Gasteiger partial charge in [0.05, 0.1) is 12.7 Å². The van der Waals surface area contributed by atoms with Crippen LogP contribution in [0, 0.1) is 0 Å². The van der Waals surface area contributed by atoms with Crippen LogP contribution < -0.4 is 4.90 Å². The molecular weight excluding hydrogens is 266 g/mol. The Hall–Kier alpha value is -1.52. The van der Waals surface area contributed by atoms with Gasteiger partial charge in [0.2, 0.25) is 0 Å². The van der Waals surface area contributed by atoms with Gasteiger partial charge in [0, 0.05) is 29.9 Å². The van der Waals surface area contributed by atoms with Crippen LogP contribution in [0.5, 0.6) is 0 Å². The molecular formula is C14H16ClNO3. The quantitative estimate of drug-likeness (QED) is 0.866. The first-order chi connectivity index (χ1) is 9.06. The maximum Gasteiger partial charge on any atom is 0.328 e. The molecule has 5 heteroatoms. The Morgan fingerprint density at radius 2 is 2.37 bits per heavy atom. The SMILES string of the molecule is CC1CN(c2ccc(Cl)cc2/C=C/C(=O)O)CCO1. The summed E-state index contributed by atoms with van der Waals surface area (Å²) in [5.74, 6) is -0.971. The van der Waals surface area contributed by atoms with E-state index in [1.54, 1.807) is 12.1 Å². The number of anilines is 1. The number of carbonyl (C=O) groups is 1. The van der Waals surface area contributed by atoms with E-state index in [0.717, 1.165) is 30.4 Å². The van der Waals surface area contributed by atoms with Crippen molar-refractivity contribution in [1.29, 1.82) is 0 Å². The zero-order valence-corrected chi connectivity index (χ0v) is 11.4. The number of ether oxygens (including phenoxy) is 1. The largest absolute Gasteiger partial charge is 0.478 e.